The Labute approximate surface area is 101 Å². The van der Waals surface area contributed by atoms with E-state index in [4.69, 9.17) is 4.18 Å². The van der Waals surface area contributed by atoms with Gasteiger partial charge in [-0.05, 0) is 44.5 Å². The Kier molecular flexibility index (Phi) is 6.06. The van der Waals surface area contributed by atoms with E-state index < -0.39 is 0 Å². The minimum atomic E-state index is 0.119. The topological polar surface area (TPSA) is 9.23 Å². The first kappa shape index (κ1) is 13.4. The zero-order chi connectivity index (χ0) is 11.1. The predicted octanol–water partition coefficient (Wildman–Crippen LogP) is 4.77. The van der Waals surface area contributed by atoms with Gasteiger partial charge in [0.1, 0.15) is 0 Å². The molecule has 0 aromatic rings. The molecule has 0 aliphatic heterocycles. The van der Waals surface area contributed by atoms with Crippen LogP contribution in [-0.2, 0) is 4.18 Å². The van der Waals surface area contributed by atoms with E-state index in [0.29, 0.717) is 0 Å². The third-order valence-corrected chi connectivity index (χ3v) is 4.02. The van der Waals surface area contributed by atoms with E-state index in [1.165, 1.54) is 57.8 Å². The molecule has 0 aromatic carbocycles. The molecule has 0 aromatic heterocycles. The van der Waals surface area contributed by atoms with E-state index in [-0.39, 0.29) is 5.60 Å². The molecular formula is C13H26OS. The van der Waals surface area contributed by atoms with E-state index in [2.05, 4.69) is 26.8 Å². The van der Waals surface area contributed by atoms with Gasteiger partial charge in [-0.15, -0.1) is 0 Å². The zero-order valence-electron chi connectivity index (χ0n) is 10.3. The molecule has 90 valence electrons. The maximum atomic E-state index is 5.60. The average molecular weight is 230 g/mol. The Bertz CT molecular complexity index is 168. The third-order valence-electron chi connectivity index (χ3n) is 3.66. The van der Waals surface area contributed by atoms with Crippen molar-refractivity contribution in [3.05, 3.63) is 0 Å². The van der Waals surface area contributed by atoms with Gasteiger partial charge in [-0.3, -0.25) is 0 Å². The summed E-state index contributed by atoms with van der Waals surface area (Å²) in [6, 6.07) is 0. The molecule has 0 N–H and O–H groups in total. The molecule has 0 unspecified atom stereocenters. The van der Waals surface area contributed by atoms with Gasteiger partial charge in [0.05, 0.1) is 5.60 Å². The second kappa shape index (κ2) is 6.80. The molecule has 0 radical (unpaired) electrons. The summed E-state index contributed by atoms with van der Waals surface area (Å²) in [4.78, 5) is 0. The Hall–Kier alpha value is 0.310. The summed E-state index contributed by atoms with van der Waals surface area (Å²) in [5, 5.41) is 0. The molecule has 1 fully saturated rings. The SMILES string of the molecule is CCCCC[C@@](CCCC)(OS)C1CC1. The summed E-state index contributed by atoms with van der Waals surface area (Å²) < 4.78 is 5.60. The standard InChI is InChI=1S/C13H26OS/c1-3-5-7-11-13(14-15,10-6-4-2)12-8-9-12/h12,15H,3-11H2,1-2H3/t13-/m1/s1. The van der Waals surface area contributed by atoms with Gasteiger partial charge >= 0.3 is 0 Å². The lowest BCUT2D eigenvalue weighted by Gasteiger charge is -2.31. The van der Waals surface area contributed by atoms with Gasteiger partial charge in [0, 0.05) is 0 Å². The van der Waals surface area contributed by atoms with Gasteiger partial charge in [-0.2, -0.15) is 0 Å². The van der Waals surface area contributed by atoms with Crippen molar-refractivity contribution >= 4 is 12.9 Å². The van der Waals surface area contributed by atoms with Crippen LogP contribution in [0.25, 0.3) is 0 Å². The lowest BCUT2D eigenvalue weighted by Crippen LogP contribution is -2.32. The van der Waals surface area contributed by atoms with Crippen LogP contribution in [0.2, 0.25) is 0 Å². The first-order valence-corrected chi connectivity index (χ1v) is 6.98. The molecule has 1 aliphatic carbocycles. The largest absolute Gasteiger partial charge is 0.312 e. The molecule has 0 heterocycles. The number of hydrogen-bond donors (Lipinski definition) is 1. The molecule has 1 atom stereocenters. The first-order valence-electron chi connectivity index (χ1n) is 6.61. The number of unbranched alkanes of at least 4 members (excludes halogenated alkanes) is 3. The smallest absolute Gasteiger partial charge is 0.0853 e. The fourth-order valence-corrected chi connectivity index (χ4v) is 2.79. The molecule has 1 rings (SSSR count). The summed E-state index contributed by atoms with van der Waals surface area (Å²) in [6.07, 6.45) is 11.6. The van der Waals surface area contributed by atoms with E-state index in [0.717, 1.165) is 5.92 Å². The third kappa shape index (κ3) is 3.99. The molecule has 1 aliphatic rings. The number of thiol groups is 1. The molecular weight excluding hydrogens is 204 g/mol. The molecule has 2 heteroatoms. The van der Waals surface area contributed by atoms with Crippen LogP contribution in [0.15, 0.2) is 0 Å². The van der Waals surface area contributed by atoms with Crippen LogP contribution in [0.1, 0.15) is 71.6 Å². The van der Waals surface area contributed by atoms with Crippen molar-refractivity contribution in [3.8, 4) is 0 Å². The fourth-order valence-electron chi connectivity index (χ4n) is 2.46. The summed E-state index contributed by atoms with van der Waals surface area (Å²) >= 11 is 4.16. The zero-order valence-corrected chi connectivity index (χ0v) is 11.2. The van der Waals surface area contributed by atoms with E-state index in [1.54, 1.807) is 0 Å². The van der Waals surface area contributed by atoms with Gasteiger partial charge in [0.25, 0.3) is 0 Å². The van der Waals surface area contributed by atoms with Crippen LogP contribution >= 0.6 is 12.9 Å². The van der Waals surface area contributed by atoms with Gasteiger partial charge in [0.15, 0.2) is 0 Å². The van der Waals surface area contributed by atoms with Crippen LogP contribution in [0.5, 0.6) is 0 Å². The van der Waals surface area contributed by atoms with Crippen molar-refractivity contribution in [1.82, 2.24) is 0 Å². The summed E-state index contributed by atoms with van der Waals surface area (Å²) in [5.41, 5.74) is 0.119. The lowest BCUT2D eigenvalue weighted by molar-refractivity contribution is 0.0477. The normalized spacial score (nSPS) is 20.2. The highest BCUT2D eigenvalue weighted by molar-refractivity contribution is 7.75. The van der Waals surface area contributed by atoms with Crippen LogP contribution in [0.4, 0.5) is 0 Å². The quantitative estimate of drug-likeness (QED) is 0.341. The van der Waals surface area contributed by atoms with Gasteiger partial charge < -0.3 is 4.18 Å². The second-order valence-corrected chi connectivity index (χ2v) is 5.17. The van der Waals surface area contributed by atoms with Crippen LogP contribution in [0, 0.1) is 5.92 Å². The molecule has 15 heavy (non-hydrogen) atoms. The Morgan fingerprint density at radius 3 is 2.13 bits per heavy atom. The van der Waals surface area contributed by atoms with Crippen molar-refractivity contribution in [1.29, 1.82) is 0 Å². The minimum Gasteiger partial charge on any atom is -0.312 e. The molecule has 0 amide bonds. The van der Waals surface area contributed by atoms with Crippen LogP contribution < -0.4 is 0 Å². The van der Waals surface area contributed by atoms with Crippen molar-refractivity contribution in [2.75, 3.05) is 0 Å². The van der Waals surface area contributed by atoms with Gasteiger partial charge in [-0.1, -0.05) is 46.0 Å². The van der Waals surface area contributed by atoms with Crippen molar-refractivity contribution in [3.63, 3.8) is 0 Å². The van der Waals surface area contributed by atoms with Gasteiger partial charge in [-0.25, -0.2) is 0 Å². The highest BCUT2D eigenvalue weighted by Gasteiger charge is 2.44. The van der Waals surface area contributed by atoms with Crippen molar-refractivity contribution in [2.24, 2.45) is 5.92 Å². The van der Waals surface area contributed by atoms with E-state index in [1.807, 2.05) is 0 Å². The molecule has 0 spiro atoms. The Balaban J connectivity index is 2.41. The molecule has 1 nitrogen and oxygen atoms in total. The van der Waals surface area contributed by atoms with Crippen molar-refractivity contribution < 1.29 is 4.18 Å². The minimum absolute atomic E-state index is 0.119. The maximum absolute atomic E-state index is 5.60. The monoisotopic (exact) mass is 230 g/mol. The second-order valence-electron chi connectivity index (χ2n) is 4.99. The molecule has 0 saturated heterocycles. The summed E-state index contributed by atoms with van der Waals surface area (Å²) in [6.45, 7) is 4.51. The number of hydrogen-bond acceptors (Lipinski definition) is 2. The highest BCUT2D eigenvalue weighted by Crippen LogP contribution is 2.48. The molecule has 0 bridgehead atoms. The summed E-state index contributed by atoms with van der Waals surface area (Å²) in [7, 11) is 0. The Morgan fingerprint density at radius 2 is 1.67 bits per heavy atom. The van der Waals surface area contributed by atoms with Crippen LogP contribution in [-0.4, -0.2) is 5.60 Å². The van der Waals surface area contributed by atoms with Crippen LogP contribution in [0.3, 0.4) is 0 Å². The lowest BCUT2D eigenvalue weighted by atomic mass is 9.86. The number of rotatable bonds is 9. The van der Waals surface area contributed by atoms with E-state index in [9.17, 15) is 0 Å². The van der Waals surface area contributed by atoms with Crippen molar-refractivity contribution in [2.45, 2.75) is 77.2 Å². The first-order chi connectivity index (χ1) is 7.29. The maximum Gasteiger partial charge on any atom is 0.0853 e. The predicted molar refractivity (Wildman–Crippen MR) is 69.2 cm³/mol. The van der Waals surface area contributed by atoms with Gasteiger partial charge in [0.2, 0.25) is 0 Å². The molecule has 1 saturated carbocycles. The highest BCUT2D eigenvalue weighted by atomic mass is 32.1. The average Bonchev–Trinajstić information content (AvgIpc) is 3.08. The van der Waals surface area contributed by atoms with E-state index >= 15 is 0 Å². The summed E-state index contributed by atoms with van der Waals surface area (Å²) in [5.74, 6) is 0.804. The fraction of sp³-hybridized carbons (Fsp3) is 1.00. The Morgan fingerprint density at radius 1 is 1.07 bits per heavy atom.